The molecule has 1 heterocycles. The number of hydrogen-bond donors (Lipinski definition) is 0. The molecule has 0 radical (unpaired) electrons. The fraction of sp³-hybridized carbons (Fsp3) is 0.267. The van der Waals surface area contributed by atoms with Crippen LogP contribution in [0.5, 0.6) is 23.0 Å². The quantitative estimate of drug-likeness (QED) is 0.811. The summed E-state index contributed by atoms with van der Waals surface area (Å²) in [6.07, 6.45) is 1.73. The number of pyridine rings is 1. The average Bonchev–Trinajstić information content (AvgIpc) is 2.52. The Balaban J connectivity index is 2.19. The molecule has 2 aromatic rings. The van der Waals surface area contributed by atoms with E-state index in [2.05, 4.69) is 4.98 Å². The minimum atomic E-state index is 0.374. The van der Waals surface area contributed by atoms with Gasteiger partial charge in [-0.25, -0.2) is 0 Å². The maximum absolute atomic E-state index is 5.70. The van der Waals surface area contributed by atoms with E-state index in [1.165, 1.54) is 0 Å². The summed E-state index contributed by atoms with van der Waals surface area (Å²) in [7, 11) is 4.70. The first kappa shape index (κ1) is 14.0. The van der Waals surface area contributed by atoms with Gasteiger partial charge in [-0.15, -0.1) is 0 Å². The average molecular weight is 275 g/mol. The molecule has 0 spiro atoms. The van der Waals surface area contributed by atoms with E-state index >= 15 is 0 Å². The van der Waals surface area contributed by atoms with E-state index in [0.29, 0.717) is 29.6 Å². The Kier molecular flexibility index (Phi) is 4.65. The van der Waals surface area contributed by atoms with Gasteiger partial charge in [0.15, 0.2) is 11.5 Å². The molecule has 20 heavy (non-hydrogen) atoms. The molecule has 0 fully saturated rings. The molecule has 106 valence electrons. The second-order valence-corrected chi connectivity index (χ2v) is 3.97. The Labute approximate surface area is 118 Å². The first-order chi connectivity index (χ1) is 9.78. The first-order valence-electron chi connectivity index (χ1n) is 6.11. The van der Waals surface area contributed by atoms with Crippen LogP contribution in [-0.2, 0) is 6.61 Å². The summed E-state index contributed by atoms with van der Waals surface area (Å²) in [4.78, 5) is 4.20. The van der Waals surface area contributed by atoms with E-state index in [9.17, 15) is 0 Å². The van der Waals surface area contributed by atoms with Crippen molar-refractivity contribution in [3.63, 3.8) is 0 Å². The lowest BCUT2D eigenvalue weighted by Crippen LogP contribution is -2.00. The topological polar surface area (TPSA) is 49.8 Å². The monoisotopic (exact) mass is 275 g/mol. The van der Waals surface area contributed by atoms with Crippen LogP contribution < -0.4 is 18.9 Å². The van der Waals surface area contributed by atoms with E-state index in [1.54, 1.807) is 39.7 Å². The zero-order valence-corrected chi connectivity index (χ0v) is 11.8. The van der Waals surface area contributed by atoms with Crippen molar-refractivity contribution in [1.82, 2.24) is 4.98 Å². The fourth-order valence-electron chi connectivity index (χ4n) is 1.78. The Morgan fingerprint density at radius 2 is 1.65 bits per heavy atom. The van der Waals surface area contributed by atoms with Crippen LogP contribution in [0.25, 0.3) is 0 Å². The van der Waals surface area contributed by atoms with Gasteiger partial charge < -0.3 is 18.9 Å². The summed E-state index contributed by atoms with van der Waals surface area (Å²) in [5.41, 5.74) is 0.848. The Morgan fingerprint density at radius 3 is 2.15 bits per heavy atom. The van der Waals surface area contributed by atoms with Gasteiger partial charge in [-0.3, -0.25) is 4.98 Å². The molecule has 1 aromatic carbocycles. The van der Waals surface area contributed by atoms with E-state index in [0.717, 1.165) is 5.69 Å². The molecule has 0 aliphatic carbocycles. The van der Waals surface area contributed by atoms with Gasteiger partial charge in [0.25, 0.3) is 0 Å². The van der Waals surface area contributed by atoms with Crippen molar-refractivity contribution in [2.24, 2.45) is 0 Å². The van der Waals surface area contributed by atoms with E-state index in [4.69, 9.17) is 18.9 Å². The van der Waals surface area contributed by atoms with Crippen LogP contribution in [0.4, 0.5) is 0 Å². The van der Waals surface area contributed by atoms with Gasteiger partial charge in [0.1, 0.15) is 12.4 Å². The molecule has 0 saturated heterocycles. The van der Waals surface area contributed by atoms with Crippen LogP contribution >= 0.6 is 0 Å². The molecule has 0 saturated carbocycles. The van der Waals surface area contributed by atoms with Crippen LogP contribution in [-0.4, -0.2) is 26.3 Å². The van der Waals surface area contributed by atoms with Crippen LogP contribution in [0.15, 0.2) is 36.5 Å². The van der Waals surface area contributed by atoms with Gasteiger partial charge >= 0.3 is 0 Å². The third kappa shape index (κ3) is 3.12. The second kappa shape index (κ2) is 6.65. The third-order valence-electron chi connectivity index (χ3n) is 2.75. The smallest absolute Gasteiger partial charge is 0.203 e. The third-order valence-corrected chi connectivity index (χ3v) is 2.75. The minimum Gasteiger partial charge on any atom is -0.493 e. The van der Waals surface area contributed by atoms with E-state index < -0.39 is 0 Å². The van der Waals surface area contributed by atoms with Crippen molar-refractivity contribution >= 4 is 0 Å². The summed E-state index contributed by atoms with van der Waals surface area (Å²) < 4.78 is 21.5. The molecule has 0 unspecified atom stereocenters. The van der Waals surface area contributed by atoms with Crippen molar-refractivity contribution in [2.45, 2.75) is 6.61 Å². The van der Waals surface area contributed by atoms with Crippen molar-refractivity contribution in [3.05, 3.63) is 42.2 Å². The highest BCUT2D eigenvalue weighted by Gasteiger charge is 2.13. The number of aromatic nitrogens is 1. The summed E-state index contributed by atoms with van der Waals surface area (Å²) >= 11 is 0. The predicted octanol–water partition coefficient (Wildman–Crippen LogP) is 2.69. The largest absolute Gasteiger partial charge is 0.493 e. The highest BCUT2D eigenvalue weighted by atomic mass is 16.5. The van der Waals surface area contributed by atoms with Crippen molar-refractivity contribution in [2.75, 3.05) is 21.3 Å². The maximum atomic E-state index is 5.70. The van der Waals surface area contributed by atoms with Crippen LogP contribution in [0, 0.1) is 0 Å². The Bertz CT molecular complexity index is 532. The Hall–Kier alpha value is -2.43. The Morgan fingerprint density at radius 1 is 0.950 bits per heavy atom. The molecule has 2 rings (SSSR count). The number of methoxy groups -OCH3 is 3. The predicted molar refractivity (Wildman–Crippen MR) is 74.7 cm³/mol. The van der Waals surface area contributed by atoms with Crippen LogP contribution in [0.2, 0.25) is 0 Å². The maximum Gasteiger partial charge on any atom is 0.203 e. The lowest BCUT2D eigenvalue weighted by Gasteiger charge is -2.14. The minimum absolute atomic E-state index is 0.374. The van der Waals surface area contributed by atoms with Crippen molar-refractivity contribution < 1.29 is 18.9 Å². The zero-order valence-electron chi connectivity index (χ0n) is 11.8. The van der Waals surface area contributed by atoms with Gasteiger partial charge in [-0.05, 0) is 12.1 Å². The number of hydrogen-bond acceptors (Lipinski definition) is 5. The lowest BCUT2D eigenvalue weighted by molar-refractivity contribution is 0.288. The van der Waals surface area contributed by atoms with E-state index in [-0.39, 0.29) is 0 Å². The summed E-state index contributed by atoms with van der Waals surface area (Å²) in [5, 5.41) is 0. The van der Waals surface area contributed by atoms with Crippen molar-refractivity contribution in [1.29, 1.82) is 0 Å². The number of nitrogens with zero attached hydrogens (tertiary/aromatic N) is 1. The standard InChI is InChI=1S/C15H17NO4/c1-17-13-8-12(9-14(18-2)15(13)19-3)20-10-11-6-4-5-7-16-11/h4-9H,10H2,1-3H3. The number of rotatable bonds is 6. The van der Waals surface area contributed by atoms with Gasteiger partial charge in [0.2, 0.25) is 5.75 Å². The van der Waals surface area contributed by atoms with E-state index in [1.807, 2.05) is 18.2 Å². The molecule has 0 aliphatic heterocycles. The van der Waals surface area contributed by atoms with Gasteiger partial charge in [0, 0.05) is 18.3 Å². The van der Waals surface area contributed by atoms with Gasteiger partial charge in [-0.2, -0.15) is 0 Å². The van der Waals surface area contributed by atoms with Crippen molar-refractivity contribution in [3.8, 4) is 23.0 Å². The lowest BCUT2D eigenvalue weighted by atomic mass is 10.2. The molecular formula is C15H17NO4. The van der Waals surface area contributed by atoms with Gasteiger partial charge in [0.05, 0.1) is 27.0 Å². The SMILES string of the molecule is COc1cc(OCc2ccccn2)cc(OC)c1OC. The molecule has 5 nitrogen and oxygen atoms in total. The zero-order chi connectivity index (χ0) is 14.4. The summed E-state index contributed by atoms with van der Waals surface area (Å²) in [6.45, 7) is 0.374. The molecule has 0 atom stereocenters. The molecular weight excluding hydrogens is 258 g/mol. The molecule has 1 aromatic heterocycles. The molecule has 0 aliphatic rings. The molecule has 5 heteroatoms. The highest BCUT2D eigenvalue weighted by Crippen LogP contribution is 2.40. The van der Waals surface area contributed by atoms with Gasteiger partial charge in [-0.1, -0.05) is 6.07 Å². The second-order valence-electron chi connectivity index (χ2n) is 3.97. The first-order valence-corrected chi connectivity index (χ1v) is 6.11. The highest BCUT2D eigenvalue weighted by molar-refractivity contribution is 5.55. The van der Waals surface area contributed by atoms with Crippen LogP contribution in [0.3, 0.4) is 0 Å². The molecule has 0 amide bonds. The summed E-state index contributed by atoms with van der Waals surface area (Å²) in [5.74, 6) is 2.29. The normalized spacial score (nSPS) is 9.95. The van der Waals surface area contributed by atoms with Crippen LogP contribution in [0.1, 0.15) is 5.69 Å². The fourth-order valence-corrected chi connectivity index (χ4v) is 1.78. The summed E-state index contributed by atoms with van der Waals surface area (Å²) in [6, 6.07) is 9.19. The molecule has 0 bridgehead atoms. The number of benzene rings is 1. The molecule has 0 N–H and O–H groups in total. The number of ether oxygens (including phenoxy) is 4.